The number of nitrogens with two attached hydrogens (primary N) is 1. The Bertz CT molecular complexity index is 1010. The molecule has 1 saturated carbocycles. The van der Waals surface area contributed by atoms with Crippen LogP contribution in [-0.4, -0.2) is 44.5 Å². The molecule has 0 radical (unpaired) electrons. The van der Waals surface area contributed by atoms with E-state index in [9.17, 15) is 14.4 Å². The molecular formula is C19H26ClN5O3. The van der Waals surface area contributed by atoms with Gasteiger partial charge in [0.1, 0.15) is 0 Å². The third-order valence-electron chi connectivity index (χ3n) is 5.55. The summed E-state index contributed by atoms with van der Waals surface area (Å²) < 4.78 is 1.48. The standard InChI is InChI=1S/C19H25N5O3.ClH/c1-2-7-24-16-15(17(25)22-19(24)27)13(9-14(21-16)11-5-6-11)18(26)23-8-3-4-12(23)10-20;/h9,11-12H,2-8,10,20H2,1H3,(H,22,25,27);1H. The van der Waals surface area contributed by atoms with Gasteiger partial charge >= 0.3 is 5.69 Å². The van der Waals surface area contributed by atoms with Gasteiger partial charge in [-0.2, -0.15) is 0 Å². The van der Waals surface area contributed by atoms with E-state index >= 15 is 0 Å². The second-order valence-electron chi connectivity index (χ2n) is 7.51. The van der Waals surface area contributed by atoms with Crippen LogP contribution in [0.1, 0.15) is 61.0 Å². The number of rotatable bonds is 5. The molecule has 2 aromatic heterocycles. The van der Waals surface area contributed by atoms with Crippen LogP contribution in [0.2, 0.25) is 0 Å². The Morgan fingerprint density at radius 2 is 2.07 bits per heavy atom. The summed E-state index contributed by atoms with van der Waals surface area (Å²) in [6, 6.07) is 1.75. The Labute approximate surface area is 168 Å². The number of nitrogens with one attached hydrogen (secondary N) is 1. The van der Waals surface area contributed by atoms with Crippen molar-refractivity contribution < 1.29 is 4.79 Å². The van der Waals surface area contributed by atoms with Crippen LogP contribution in [-0.2, 0) is 6.54 Å². The van der Waals surface area contributed by atoms with Crippen molar-refractivity contribution in [2.45, 2.75) is 57.5 Å². The van der Waals surface area contributed by atoms with Crippen LogP contribution in [0, 0.1) is 0 Å². The highest BCUT2D eigenvalue weighted by Gasteiger charge is 2.33. The van der Waals surface area contributed by atoms with Gasteiger partial charge in [-0.3, -0.25) is 19.1 Å². The van der Waals surface area contributed by atoms with Gasteiger partial charge in [-0.1, -0.05) is 6.92 Å². The van der Waals surface area contributed by atoms with Gasteiger partial charge in [0.2, 0.25) is 0 Å². The molecule has 3 heterocycles. The fourth-order valence-electron chi connectivity index (χ4n) is 3.98. The maximum absolute atomic E-state index is 13.3. The summed E-state index contributed by atoms with van der Waals surface area (Å²) in [6.45, 7) is 3.43. The smallest absolute Gasteiger partial charge is 0.329 e. The SMILES string of the molecule is CCCn1c(=O)[nH]c(=O)c2c(C(=O)N3CCCC3CN)cc(C3CC3)nc21.Cl. The van der Waals surface area contributed by atoms with Crippen molar-refractivity contribution in [2.24, 2.45) is 5.73 Å². The minimum Gasteiger partial charge on any atom is -0.334 e. The second kappa shape index (κ2) is 8.05. The molecule has 28 heavy (non-hydrogen) atoms. The lowest BCUT2D eigenvalue weighted by Gasteiger charge is -2.24. The highest BCUT2D eigenvalue weighted by atomic mass is 35.5. The number of pyridine rings is 1. The van der Waals surface area contributed by atoms with Crippen molar-refractivity contribution in [3.63, 3.8) is 0 Å². The van der Waals surface area contributed by atoms with Crippen LogP contribution in [0.5, 0.6) is 0 Å². The van der Waals surface area contributed by atoms with E-state index in [1.807, 2.05) is 6.92 Å². The van der Waals surface area contributed by atoms with E-state index in [1.165, 1.54) is 4.57 Å². The number of aromatic nitrogens is 3. The molecule has 4 rings (SSSR count). The molecule has 0 aromatic carbocycles. The van der Waals surface area contributed by atoms with Crippen molar-refractivity contribution in [2.75, 3.05) is 13.1 Å². The van der Waals surface area contributed by atoms with E-state index in [0.29, 0.717) is 36.8 Å². The number of carbonyl (C=O) groups is 1. The normalized spacial score (nSPS) is 19.1. The van der Waals surface area contributed by atoms with Crippen LogP contribution in [0.25, 0.3) is 11.0 Å². The molecule has 1 amide bonds. The highest BCUT2D eigenvalue weighted by molar-refractivity contribution is 6.05. The van der Waals surface area contributed by atoms with E-state index < -0.39 is 11.2 Å². The third-order valence-corrected chi connectivity index (χ3v) is 5.55. The number of nitrogens with zero attached hydrogens (tertiary/aromatic N) is 3. The van der Waals surface area contributed by atoms with Crippen LogP contribution in [0.4, 0.5) is 0 Å². The molecule has 0 spiro atoms. The van der Waals surface area contributed by atoms with Gasteiger partial charge in [0.15, 0.2) is 5.65 Å². The molecule has 9 heteroatoms. The fraction of sp³-hybridized carbons (Fsp3) is 0.579. The molecule has 1 atom stereocenters. The maximum atomic E-state index is 13.3. The predicted octanol–water partition coefficient (Wildman–Crippen LogP) is 1.36. The molecular weight excluding hydrogens is 382 g/mol. The monoisotopic (exact) mass is 407 g/mol. The third kappa shape index (κ3) is 3.46. The number of halogens is 1. The van der Waals surface area contributed by atoms with Crippen molar-refractivity contribution in [1.29, 1.82) is 0 Å². The quantitative estimate of drug-likeness (QED) is 0.776. The van der Waals surface area contributed by atoms with Gasteiger partial charge in [-0.25, -0.2) is 9.78 Å². The van der Waals surface area contributed by atoms with Gasteiger partial charge < -0.3 is 10.6 Å². The number of aromatic amines is 1. The molecule has 1 aliphatic carbocycles. The number of likely N-dealkylation sites (tertiary alicyclic amines) is 1. The number of amides is 1. The first kappa shape index (κ1) is 20.5. The topological polar surface area (TPSA) is 114 Å². The van der Waals surface area contributed by atoms with Crippen LogP contribution >= 0.6 is 12.4 Å². The van der Waals surface area contributed by atoms with Crippen molar-refractivity contribution in [3.05, 3.63) is 38.2 Å². The number of aryl methyl sites for hydroxylation is 1. The largest absolute Gasteiger partial charge is 0.334 e. The van der Waals surface area contributed by atoms with E-state index in [0.717, 1.165) is 37.8 Å². The number of H-pyrrole nitrogens is 1. The number of hydrogen-bond donors (Lipinski definition) is 2. The van der Waals surface area contributed by atoms with E-state index in [-0.39, 0.29) is 29.7 Å². The fourth-order valence-corrected chi connectivity index (χ4v) is 3.98. The molecule has 2 fully saturated rings. The van der Waals surface area contributed by atoms with Gasteiger partial charge in [0.25, 0.3) is 11.5 Å². The molecule has 1 unspecified atom stereocenters. The average Bonchev–Trinajstić information content (AvgIpc) is 3.40. The van der Waals surface area contributed by atoms with Crippen molar-refractivity contribution in [1.82, 2.24) is 19.4 Å². The zero-order chi connectivity index (χ0) is 19.1. The summed E-state index contributed by atoms with van der Waals surface area (Å²) in [6.07, 6.45) is 4.53. The molecule has 3 N–H and O–H groups in total. The van der Waals surface area contributed by atoms with Crippen molar-refractivity contribution in [3.8, 4) is 0 Å². The number of fused-ring (bicyclic) bond motifs is 1. The summed E-state index contributed by atoms with van der Waals surface area (Å²) in [5.41, 5.74) is 6.26. The van der Waals surface area contributed by atoms with Crippen molar-refractivity contribution >= 4 is 29.3 Å². The molecule has 0 bridgehead atoms. The summed E-state index contributed by atoms with van der Waals surface area (Å²) >= 11 is 0. The highest BCUT2D eigenvalue weighted by Crippen LogP contribution is 2.40. The summed E-state index contributed by atoms with van der Waals surface area (Å²) in [4.78, 5) is 47.1. The Balaban J connectivity index is 0.00000225. The van der Waals surface area contributed by atoms with Crippen LogP contribution < -0.4 is 17.0 Å². The number of hydrogen-bond acceptors (Lipinski definition) is 5. The zero-order valence-corrected chi connectivity index (χ0v) is 16.8. The second-order valence-corrected chi connectivity index (χ2v) is 7.51. The predicted molar refractivity (Wildman–Crippen MR) is 109 cm³/mol. The minimum atomic E-state index is -0.552. The number of carbonyl (C=O) groups excluding carboxylic acids is 1. The van der Waals surface area contributed by atoms with Crippen LogP contribution in [0.3, 0.4) is 0 Å². The first-order chi connectivity index (χ1) is 13.0. The summed E-state index contributed by atoms with van der Waals surface area (Å²) in [5.74, 6) is 0.110. The molecule has 1 aliphatic heterocycles. The zero-order valence-electron chi connectivity index (χ0n) is 15.9. The van der Waals surface area contributed by atoms with Gasteiger partial charge in [0.05, 0.1) is 10.9 Å². The summed E-state index contributed by atoms with van der Waals surface area (Å²) in [5, 5.41) is 0.208. The minimum absolute atomic E-state index is 0. The van der Waals surface area contributed by atoms with E-state index in [1.54, 1.807) is 11.0 Å². The molecule has 2 aromatic rings. The first-order valence-corrected chi connectivity index (χ1v) is 9.74. The van der Waals surface area contributed by atoms with Gasteiger partial charge in [0, 0.05) is 37.3 Å². The van der Waals surface area contributed by atoms with Crippen LogP contribution in [0.15, 0.2) is 15.7 Å². The lowest BCUT2D eigenvalue weighted by atomic mass is 10.1. The summed E-state index contributed by atoms with van der Waals surface area (Å²) in [7, 11) is 0. The first-order valence-electron chi connectivity index (χ1n) is 9.74. The Kier molecular flexibility index (Phi) is 5.90. The lowest BCUT2D eigenvalue weighted by Crippen LogP contribution is -2.41. The molecule has 8 nitrogen and oxygen atoms in total. The Morgan fingerprint density at radius 1 is 1.32 bits per heavy atom. The van der Waals surface area contributed by atoms with Gasteiger partial charge in [-0.05, 0) is 38.2 Å². The average molecular weight is 408 g/mol. The molecule has 152 valence electrons. The molecule has 2 aliphatic rings. The van der Waals surface area contributed by atoms with E-state index in [4.69, 9.17) is 5.73 Å². The lowest BCUT2D eigenvalue weighted by molar-refractivity contribution is 0.0743. The Morgan fingerprint density at radius 3 is 2.71 bits per heavy atom. The Hall–Kier alpha value is -2.19. The van der Waals surface area contributed by atoms with Gasteiger partial charge in [-0.15, -0.1) is 12.4 Å². The molecule has 1 saturated heterocycles. The maximum Gasteiger partial charge on any atom is 0.329 e. The van der Waals surface area contributed by atoms with E-state index in [2.05, 4.69) is 9.97 Å².